The molecule has 0 amide bonds. The van der Waals surface area contributed by atoms with Crippen LogP contribution >= 0.6 is 24.0 Å². The monoisotopic (exact) mass is 432 g/mol. The summed E-state index contributed by atoms with van der Waals surface area (Å²) in [6.07, 6.45) is -0.898. The topological polar surface area (TPSA) is 72.5 Å². The molecule has 0 unspecified atom stereocenters. The summed E-state index contributed by atoms with van der Waals surface area (Å²) in [4.78, 5) is 7.89. The molecule has 3 N–H and O–H groups in total. The number of guanidine groups is 1. The number of alkyl halides is 3. The Kier molecular flexibility index (Phi) is 9.86. The Morgan fingerprint density at radius 2 is 2.14 bits per heavy atom. The fourth-order valence-electron chi connectivity index (χ4n) is 1.37. The zero-order valence-electron chi connectivity index (χ0n) is 12.2. The van der Waals surface area contributed by atoms with Crippen LogP contribution in [0.15, 0.2) is 23.3 Å². The minimum Gasteiger partial charge on any atom is -0.468 e. The molecule has 0 aliphatic heterocycles. The first-order valence-corrected chi connectivity index (χ1v) is 6.59. The third kappa shape index (κ3) is 9.64. The lowest BCUT2D eigenvalue weighted by atomic mass is 10.3. The van der Waals surface area contributed by atoms with Crippen LogP contribution < -0.4 is 15.8 Å². The smallest absolute Gasteiger partial charge is 0.422 e. The van der Waals surface area contributed by atoms with Crippen molar-refractivity contribution in [1.82, 2.24) is 10.3 Å². The quantitative estimate of drug-likeness (QED) is 0.301. The van der Waals surface area contributed by atoms with Gasteiger partial charge in [0.05, 0.1) is 6.54 Å². The van der Waals surface area contributed by atoms with Crippen molar-refractivity contribution in [3.8, 4) is 5.88 Å². The second-order valence-electron chi connectivity index (χ2n) is 4.39. The van der Waals surface area contributed by atoms with Crippen LogP contribution in [0.2, 0.25) is 0 Å². The molecular weight excluding hydrogens is 412 g/mol. The first kappa shape index (κ1) is 20.7. The average Bonchev–Trinajstić information content (AvgIpc) is 2.43. The van der Waals surface area contributed by atoms with Gasteiger partial charge in [-0.25, -0.2) is 9.98 Å². The van der Waals surface area contributed by atoms with Crippen LogP contribution in [0.3, 0.4) is 0 Å². The lowest BCUT2D eigenvalue weighted by Crippen LogP contribution is -2.32. The number of unbranched alkanes of at least 4 members (excludes halogenated alkanes) is 1. The van der Waals surface area contributed by atoms with Crippen molar-refractivity contribution in [2.45, 2.75) is 32.5 Å². The van der Waals surface area contributed by atoms with Gasteiger partial charge >= 0.3 is 6.18 Å². The normalized spacial score (nSPS) is 11.7. The minimum atomic E-state index is -4.37. The first-order valence-electron chi connectivity index (χ1n) is 6.59. The number of hydrogen-bond acceptors (Lipinski definition) is 3. The summed E-state index contributed by atoms with van der Waals surface area (Å²) in [6.45, 7) is 1.78. The van der Waals surface area contributed by atoms with Crippen LogP contribution in [0.4, 0.5) is 13.2 Å². The number of pyridine rings is 1. The van der Waals surface area contributed by atoms with E-state index in [4.69, 9.17) is 5.73 Å². The Morgan fingerprint density at radius 3 is 2.68 bits per heavy atom. The maximum atomic E-state index is 12.0. The largest absolute Gasteiger partial charge is 0.468 e. The molecule has 0 saturated heterocycles. The number of rotatable bonds is 7. The molecular formula is C13H20F3IN4O. The van der Waals surface area contributed by atoms with Gasteiger partial charge in [0, 0.05) is 18.8 Å². The lowest BCUT2D eigenvalue weighted by molar-refractivity contribution is -0.154. The molecule has 126 valence electrons. The number of nitrogens with one attached hydrogen (secondary N) is 1. The summed E-state index contributed by atoms with van der Waals surface area (Å²) in [7, 11) is 0. The molecule has 22 heavy (non-hydrogen) atoms. The number of nitrogens with two attached hydrogens (primary N) is 1. The number of aliphatic imine (C=N–C) groups is 1. The molecule has 0 spiro atoms. The van der Waals surface area contributed by atoms with Crippen molar-refractivity contribution in [2.24, 2.45) is 10.7 Å². The molecule has 1 aromatic heterocycles. The first-order chi connectivity index (χ1) is 9.90. The van der Waals surface area contributed by atoms with Gasteiger partial charge in [-0.1, -0.05) is 19.4 Å². The molecule has 0 fully saturated rings. The van der Waals surface area contributed by atoms with Crippen LogP contribution in [-0.4, -0.2) is 30.3 Å². The van der Waals surface area contributed by atoms with E-state index < -0.39 is 12.8 Å². The molecule has 1 aromatic rings. The maximum absolute atomic E-state index is 12.0. The van der Waals surface area contributed by atoms with Crippen LogP contribution in [-0.2, 0) is 6.54 Å². The van der Waals surface area contributed by atoms with Crippen LogP contribution in [0.5, 0.6) is 5.88 Å². The summed E-state index contributed by atoms with van der Waals surface area (Å²) in [5.74, 6) is 0.259. The Bertz CT molecular complexity index is 452. The third-order valence-corrected chi connectivity index (χ3v) is 2.45. The molecule has 0 aliphatic rings. The summed E-state index contributed by atoms with van der Waals surface area (Å²) in [5, 5.41) is 2.96. The van der Waals surface area contributed by atoms with Gasteiger partial charge in [-0.3, -0.25) is 0 Å². The predicted octanol–water partition coefficient (Wildman–Crippen LogP) is 2.85. The second kappa shape index (κ2) is 10.5. The average molecular weight is 432 g/mol. The van der Waals surface area contributed by atoms with E-state index in [2.05, 4.69) is 27.0 Å². The second-order valence-corrected chi connectivity index (χ2v) is 4.39. The fourth-order valence-corrected chi connectivity index (χ4v) is 1.37. The van der Waals surface area contributed by atoms with Crippen molar-refractivity contribution in [1.29, 1.82) is 0 Å². The van der Waals surface area contributed by atoms with Crippen molar-refractivity contribution in [2.75, 3.05) is 13.2 Å². The highest BCUT2D eigenvalue weighted by atomic mass is 127. The highest BCUT2D eigenvalue weighted by molar-refractivity contribution is 14.0. The zero-order chi connectivity index (χ0) is 15.7. The predicted molar refractivity (Wildman–Crippen MR) is 89.4 cm³/mol. The standard InChI is InChI=1S/C13H19F3N4O.HI/c1-2-3-6-18-12(17)20-8-10-4-5-11(19-7-10)21-9-13(14,15)16;/h4-5,7H,2-3,6,8-9H2,1H3,(H3,17,18,20);1H. The maximum Gasteiger partial charge on any atom is 0.422 e. The molecule has 0 aromatic carbocycles. The highest BCUT2D eigenvalue weighted by Crippen LogP contribution is 2.17. The van der Waals surface area contributed by atoms with Gasteiger partial charge in [-0.15, -0.1) is 24.0 Å². The molecule has 0 radical (unpaired) electrons. The van der Waals surface area contributed by atoms with Gasteiger partial charge in [0.2, 0.25) is 5.88 Å². The van der Waals surface area contributed by atoms with E-state index in [1.54, 1.807) is 6.07 Å². The van der Waals surface area contributed by atoms with E-state index in [0.717, 1.165) is 24.9 Å². The van der Waals surface area contributed by atoms with Crippen molar-refractivity contribution in [3.63, 3.8) is 0 Å². The van der Waals surface area contributed by atoms with Gasteiger partial charge < -0.3 is 15.8 Å². The van der Waals surface area contributed by atoms with E-state index >= 15 is 0 Å². The number of aromatic nitrogens is 1. The molecule has 1 rings (SSSR count). The summed E-state index contributed by atoms with van der Waals surface area (Å²) >= 11 is 0. The molecule has 0 bridgehead atoms. The molecule has 0 saturated carbocycles. The Balaban J connectivity index is 0.00000441. The lowest BCUT2D eigenvalue weighted by Gasteiger charge is -2.08. The molecule has 1 heterocycles. The Hall–Kier alpha value is -1.26. The zero-order valence-corrected chi connectivity index (χ0v) is 14.5. The van der Waals surface area contributed by atoms with Crippen molar-refractivity contribution in [3.05, 3.63) is 23.9 Å². The number of nitrogens with zero attached hydrogens (tertiary/aromatic N) is 2. The summed E-state index contributed by atoms with van der Waals surface area (Å²) < 4.78 is 40.4. The molecule has 0 aliphatic carbocycles. The summed E-state index contributed by atoms with van der Waals surface area (Å²) in [5.41, 5.74) is 6.39. The highest BCUT2D eigenvalue weighted by Gasteiger charge is 2.28. The summed E-state index contributed by atoms with van der Waals surface area (Å²) in [6, 6.07) is 2.97. The van der Waals surface area contributed by atoms with Crippen LogP contribution in [0, 0.1) is 0 Å². The van der Waals surface area contributed by atoms with Gasteiger partial charge in [-0.05, 0) is 12.0 Å². The molecule has 0 atom stereocenters. The van der Waals surface area contributed by atoms with Gasteiger partial charge in [-0.2, -0.15) is 13.2 Å². The van der Waals surface area contributed by atoms with Gasteiger partial charge in [0.1, 0.15) is 0 Å². The SMILES string of the molecule is CCCCNC(N)=NCc1ccc(OCC(F)(F)F)nc1.I. The number of halogens is 4. The van der Waals surface area contributed by atoms with Crippen molar-refractivity contribution >= 4 is 29.9 Å². The number of hydrogen-bond donors (Lipinski definition) is 2. The Labute approximate surface area is 144 Å². The molecule has 5 nitrogen and oxygen atoms in total. The van der Waals surface area contributed by atoms with Crippen molar-refractivity contribution < 1.29 is 17.9 Å². The van der Waals surface area contributed by atoms with Gasteiger partial charge in [0.25, 0.3) is 0 Å². The Morgan fingerprint density at radius 1 is 1.41 bits per heavy atom. The van der Waals surface area contributed by atoms with E-state index in [-0.39, 0.29) is 29.9 Å². The van der Waals surface area contributed by atoms with E-state index in [1.807, 2.05) is 0 Å². The van der Waals surface area contributed by atoms with E-state index in [0.29, 0.717) is 12.5 Å². The van der Waals surface area contributed by atoms with E-state index in [9.17, 15) is 13.2 Å². The van der Waals surface area contributed by atoms with Gasteiger partial charge in [0.15, 0.2) is 12.6 Å². The fraction of sp³-hybridized carbons (Fsp3) is 0.538. The van der Waals surface area contributed by atoms with Crippen LogP contribution in [0.1, 0.15) is 25.3 Å². The molecule has 9 heteroatoms. The minimum absolute atomic E-state index is 0. The van der Waals surface area contributed by atoms with E-state index in [1.165, 1.54) is 12.3 Å². The third-order valence-electron chi connectivity index (χ3n) is 2.45. The van der Waals surface area contributed by atoms with Crippen LogP contribution in [0.25, 0.3) is 0 Å². The number of ether oxygens (including phenoxy) is 1.